The van der Waals surface area contributed by atoms with Crippen molar-refractivity contribution >= 4 is 0 Å². The lowest BCUT2D eigenvalue weighted by Gasteiger charge is -2.28. The van der Waals surface area contributed by atoms with E-state index in [0.717, 1.165) is 12.1 Å². The van der Waals surface area contributed by atoms with Gasteiger partial charge in [0.2, 0.25) is 0 Å². The Balaban J connectivity index is 2.76. The summed E-state index contributed by atoms with van der Waals surface area (Å²) in [5, 5.41) is 0. The van der Waals surface area contributed by atoms with Crippen LogP contribution in [0.5, 0.6) is 5.75 Å². The average molecular weight is 229 g/mol. The summed E-state index contributed by atoms with van der Waals surface area (Å²) in [4.78, 5) is 0. The van der Waals surface area contributed by atoms with E-state index >= 15 is 0 Å². The van der Waals surface area contributed by atoms with E-state index in [1.54, 1.807) is 0 Å². The molecule has 0 heterocycles. The normalized spacial score (nSPS) is 13.6. The summed E-state index contributed by atoms with van der Waals surface area (Å²) < 4.78 is 31.2. The highest BCUT2D eigenvalue weighted by atomic mass is 19.2. The zero-order chi connectivity index (χ0) is 12.3. The first-order valence-corrected chi connectivity index (χ1v) is 5.20. The molecule has 16 heavy (non-hydrogen) atoms. The Hall–Kier alpha value is -1.16. The van der Waals surface area contributed by atoms with Gasteiger partial charge in [0.15, 0.2) is 11.6 Å². The van der Waals surface area contributed by atoms with Crippen LogP contribution in [0.4, 0.5) is 8.78 Å². The molecule has 0 aliphatic carbocycles. The number of hydrogen-bond donors (Lipinski definition) is 1. The van der Waals surface area contributed by atoms with Crippen LogP contribution < -0.4 is 10.5 Å². The fraction of sp³-hybridized carbons (Fsp3) is 0.500. The molecule has 0 radical (unpaired) electrons. The molecule has 0 bridgehead atoms. The van der Waals surface area contributed by atoms with E-state index < -0.39 is 17.2 Å². The van der Waals surface area contributed by atoms with Gasteiger partial charge in [0.05, 0.1) is 0 Å². The molecule has 0 saturated carbocycles. The molecule has 2 N–H and O–H groups in total. The van der Waals surface area contributed by atoms with Crippen molar-refractivity contribution in [1.29, 1.82) is 0 Å². The predicted octanol–water partition coefficient (Wildman–Crippen LogP) is 2.86. The van der Waals surface area contributed by atoms with Crippen LogP contribution in [0.2, 0.25) is 0 Å². The number of rotatable bonds is 4. The second-order valence-corrected chi connectivity index (χ2v) is 4.62. The number of benzene rings is 1. The van der Waals surface area contributed by atoms with Gasteiger partial charge in [-0.1, -0.05) is 0 Å². The minimum Gasteiger partial charge on any atom is -0.488 e. The number of halogens is 2. The summed E-state index contributed by atoms with van der Waals surface area (Å²) in [6, 6.07) is 3.48. The lowest BCUT2D eigenvalue weighted by atomic mass is 10.0. The summed E-state index contributed by atoms with van der Waals surface area (Å²) in [6.45, 7) is 5.59. The molecule has 0 saturated heterocycles. The van der Waals surface area contributed by atoms with Gasteiger partial charge in [-0.05, 0) is 32.9 Å². The van der Waals surface area contributed by atoms with E-state index in [4.69, 9.17) is 10.5 Å². The zero-order valence-electron chi connectivity index (χ0n) is 9.76. The first-order chi connectivity index (χ1) is 7.30. The number of ether oxygens (including phenoxy) is 1. The smallest absolute Gasteiger partial charge is 0.162 e. The minimum atomic E-state index is -0.908. The Labute approximate surface area is 94.4 Å². The van der Waals surface area contributed by atoms with E-state index in [1.807, 2.05) is 20.8 Å². The summed E-state index contributed by atoms with van der Waals surface area (Å²) >= 11 is 0. The second kappa shape index (κ2) is 4.78. The van der Waals surface area contributed by atoms with Crippen LogP contribution in [0.1, 0.15) is 27.2 Å². The third-order valence-electron chi connectivity index (χ3n) is 2.10. The van der Waals surface area contributed by atoms with Gasteiger partial charge in [0.1, 0.15) is 11.4 Å². The third-order valence-corrected chi connectivity index (χ3v) is 2.10. The Kier molecular flexibility index (Phi) is 3.86. The van der Waals surface area contributed by atoms with Gasteiger partial charge in [-0.15, -0.1) is 0 Å². The minimum absolute atomic E-state index is 0.0136. The van der Waals surface area contributed by atoms with Crippen molar-refractivity contribution in [2.75, 3.05) is 0 Å². The van der Waals surface area contributed by atoms with Crippen molar-refractivity contribution in [3.63, 3.8) is 0 Å². The largest absolute Gasteiger partial charge is 0.488 e. The zero-order valence-corrected chi connectivity index (χ0v) is 9.76. The molecule has 0 aromatic heterocycles. The van der Waals surface area contributed by atoms with Gasteiger partial charge in [-0.3, -0.25) is 0 Å². The Morgan fingerprint density at radius 3 is 2.44 bits per heavy atom. The maximum Gasteiger partial charge on any atom is 0.162 e. The maximum atomic E-state index is 12.9. The molecule has 0 spiro atoms. The van der Waals surface area contributed by atoms with Crippen molar-refractivity contribution in [1.82, 2.24) is 0 Å². The Morgan fingerprint density at radius 2 is 1.94 bits per heavy atom. The SMILES string of the molecule is CC(N)CC(C)(C)Oc1ccc(F)c(F)c1. The molecule has 1 aromatic rings. The predicted molar refractivity (Wildman–Crippen MR) is 59.3 cm³/mol. The van der Waals surface area contributed by atoms with Gasteiger partial charge in [-0.25, -0.2) is 8.78 Å². The first-order valence-electron chi connectivity index (χ1n) is 5.20. The third kappa shape index (κ3) is 3.77. The average Bonchev–Trinajstić information content (AvgIpc) is 2.08. The summed E-state index contributed by atoms with van der Waals surface area (Å²) in [7, 11) is 0. The summed E-state index contributed by atoms with van der Waals surface area (Å²) in [6.07, 6.45) is 0.631. The summed E-state index contributed by atoms with van der Waals surface area (Å²) in [5.41, 5.74) is 5.17. The lowest BCUT2D eigenvalue weighted by molar-refractivity contribution is 0.0927. The Morgan fingerprint density at radius 1 is 1.31 bits per heavy atom. The highest BCUT2D eigenvalue weighted by Gasteiger charge is 2.22. The van der Waals surface area contributed by atoms with Crippen LogP contribution in [0.3, 0.4) is 0 Å². The molecule has 90 valence electrons. The molecular weight excluding hydrogens is 212 g/mol. The molecule has 0 fully saturated rings. The van der Waals surface area contributed by atoms with Crippen LogP contribution in [0.15, 0.2) is 18.2 Å². The molecule has 0 aliphatic heterocycles. The molecule has 1 aromatic carbocycles. The van der Waals surface area contributed by atoms with E-state index in [1.165, 1.54) is 6.07 Å². The van der Waals surface area contributed by atoms with Crippen LogP contribution >= 0.6 is 0 Å². The van der Waals surface area contributed by atoms with Gasteiger partial charge < -0.3 is 10.5 Å². The van der Waals surface area contributed by atoms with E-state index in [0.29, 0.717) is 12.2 Å². The van der Waals surface area contributed by atoms with Gasteiger partial charge >= 0.3 is 0 Å². The van der Waals surface area contributed by atoms with Crippen LogP contribution in [0.25, 0.3) is 0 Å². The number of hydrogen-bond acceptors (Lipinski definition) is 2. The van der Waals surface area contributed by atoms with E-state index in [9.17, 15) is 8.78 Å². The topological polar surface area (TPSA) is 35.2 Å². The highest BCUT2D eigenvalue weighted by Crippen LogP contribution is 2.23. The summed E-state index contributed by atoms with van der Waals surface area (Å²) in [5.74, 6) is -1.48. The Bertz CT molecular complexity index is 364. The van der Waals surface area contributed by atoms with Gasteiger partial charge in [0, 0.05) is 18.5 Å². The number of nitrogens with two attached hydrogens (primary N) is 1. The van der Waals surface area contributed by atoms with E-state index in [2.05, 4.69) is 0 Å². The molecule has 1 unspecified atom stereocenters. The van der Waals surface area contributed by atoms with E-state index in [-0.39, 0.29) is 6.04 Å². The van der Waals surface area contributed by atoms with Gasteiger partial charge in [-0.2, -0.15) is 0 Å². The molecular formula is C12H17F2NO. The van der Waals surface area contributed by atoms with Crippen LogP contribution in [-0.2, 0) is 0 Å². The molecule has 1 atom stereocenters. The second-order valence-electron chi connectivity index (χ2n) is 4.62. The van der Waals surface area contributed by atoms with Gasteiger partial charge in [0.25, 0.3) is 0 Å². The highest BCUT2D eigenvalue weighted by molar-refractivity contribution is 5.24. The standard InChI is InChI=1S/C12H17F2NO/c1-8(15)7-12(2,3)16-9-4-5-10(13)11(14)6-9/h4-6,8H,7,15H2,1-3H3. The fourth-order valence-electron chi connectivity index (χ4n) is 1.68. The molecule has 0 aliphatic rings. The first kappa shape index (κ1) is 12.9. The fourth-order valence-corrected chi connectivity index (χ4v) is 1.68. The molecule has 1 rings (SSSR count). The van der Waals surface area contributed by atoms with Crippen molar-refractivity contribution in [2.45, 2.75) is 38.8 Å². The molecule has 0 amide bonds. The molecule has 4 heteroatoms. The lowest BCUT2D eigenvalue weighted by Crippen LogP contribution is -2.35. The van der Waals surface area contributed by atoms with Crippen molar-refractivity contribution < 1.29 is 13.5 Å². The van der Waals surface area contributed by atoms with Crippen molar-refractivity contribution in [3.05, 3.63) is 29.8 Å². The monoisotopic (exact) mass is 229 g/mol. The quantitative estimate of drug-likeness (QED) is 0.861. The van der Waals surface area contributed by atoms with Crippen molar-refractivity contribution in [2.24, 2.45) is 5.73 Å². The van der Waals surface area contributed by atoms with Crippen LogP contribution in [0, 0.1) is 11.6 Å². The van der Waals surface area contributed by atoms with Crippen molar-refractivity contribution in [3.8, 4) is 5.75 Å². The van der Waals surface area contributed by atoms with Crippen LogP contribution in [-0.4, -0.2) is 11.6 Å². The maximum absolute atomic E-state index is 12.9. The molecule has 2 nitrogen and oxygen atoms in total.